The second kappa shape index (κ2) is 5.56. The lowest BCUT2D eigenvalue weighted by atomic mass is 9.97. The molecule has 0 saturated carbocycles. The predicted molar refractivity (Wildman–Crippen MR) is 88.4 cm³/mol. The van der Waals surface area contributed by atoms with Gasteiger partial charge in [-0.25, -0.2) is 4.98 Å². The Labute approximate surface area is 138 Å². The number of thiophene rings is 1. The zero-order chi connectivity index (χ0) is 15.1. The Bertz CT molecular complexity index is 711. The van der Waals surface area contributed by atoms with Gasteiger partial charge >= 0.3 is 0 Å². The van der Waals surface area contributed by atoms with Crippen molar-refractivity contribution in [3.05, 3.63) is 45.2 Å². The average Bonchev–Trinajstić information content (AvgIpc) is 2.95. The minimum Gasteiger partial charge on any atom is -0.354 e. The van der Waals surface area contributed by atoms with Crippen LogP contribution in [-0.2, 0) is 17.8 Å². The lowest BCUT2D eigenvalue weighted by Crippen LogP contribution is -2.55. The molecule has 2 aromatic rings. The third kappa shape index (κ3) is 2.38. The molecule has 22 heavy (non-hydrogen) atoms. The zero-order valence-corrected chi connectivity index (χ0v) is 13.6. The highest BCUT2D eigenvalue weighted by molar-refractivity contribution is 7.10. The molecule has 6 heteroatoms. The van der Waals surface area contributed by atoms with Crippen molar-refractivity contribution in [2.45, 2.75) is 13.0 Å². The van der Waals surface area contributed by atoms with Gasteiger partial charge in [-0.2, -0.15) is 0 Å². The van der Waals surface area contributed by atoms with E-state index in [0.29, 0.717) is 18.1 Å². The van der Waals surface area contributed by atoms with Crippen molar-refractivity contribution in [3.63, 3.8) is 0 Å². The smallest absolute Gasteiger partial charge is 0.229 e. The van der Waals surface area contributed by atoms with Crippen LogP contribution < -0.4 is 4.90 Å². The van der Waals surface area contributed by atoms with Gasteiger partial charge in [0.2, 0.25) is 5.91 Å². The normalized spacial score (nSPS) is 18.0. The summed E-state index contributed by atoms with van der Waals surface area (Å²) < 4.78 is 0. The number of hydrogen-bond acceptors (Lipinski definition) is 4. The molecule has 0 bridgehead atoms. The molecule has 1 amide bonds. The SMILES string of the molecule is O=C(C1CN(c2ncccc2Cl)C1)N1CCc2sccc2C1. The summed E-state index contributed by atoms with van der Waals surface area (Å²) in [4.78, 5) is 22.4. The lowest BCUT2D eigenvalue weighted by molar-refractivity contribution is -0.137. The van der Waals surface area contributed by atoms with E-state index in [0.717, 1.165) is 25.3 Å². The van der Waals surface area contributed by atoms with E-state index in [1.54, 1.807) is 17.5 Å². The molecule has 114 valence electrons. The highest BCUT2D eigenvalue weighted by atomic mass is 35.5. The van der Waals surface area contributed by atoms with Gasteiger partial charge in [0.25, 0.3) is 0 Å². The topological polar surface area (TPSA) is 36.4 Å². The van der Waals surface area contributed by atoms with Crippen LogP contribution in [0.5, 0.6) is 0 Å². The number of pyridine rings is 1. The summed E-state index contributed by atoms with van der Waals surface area (Å²) in [6.07, 6.45) is 2.72. The fourth-order valence-electron chi connectivity index (χ4n) is 3.11. The van der Waals surface area contributed by atoms with E-state index in [1.165, 1.54) is 10.4 Å². The molecule has 0 atom stereocenters. The van der Waals surface area contributed by atoms with E-state index in [2.05, 4.69) is 21.3 Å². The summed E-state index contributed by atoms with van der Waals surface area (Å²) in [5.41, 5.74) is 1.31. The van der Waals surface area contributed by atoms with Gasteiger partial charge in [0.15, 0.2) is 0 Å². The summed E-state index contributed by atoms with van der Waals surface area (Å²) in [6, 6.07) is 5.79. The van der Waals surface area contributed by atoms with Crippen LogP contribution >= 0.6 is 22.9 Å². The maximum absolute atomic E-state index is 12.6. The van der Waals surface area contributed by atoms with Crippen LogP contribution in [-0.4, -0.2) is 35.4 Å². The molecule has 4 rings (SSSR count). The Morgan fingerprint density at radius 3 is 3.05 bits per heavy atom. The summed E-state index contributed by atoms with van der Waals surface area (Å²) in [7, 11) is 0. The molecule has 2 aliphatic rings. The number of carbonyl (C=O) groups is 1. The zero-order valence-electron chi connectivity index (χ0n) is 12.0. The largest absolute Gasteiger partial charge is 0.354 e. The number of anilines is 1. The molecule has 0 aliphatic carbocycles. The van der Waals surface area contributed by atoms with Crippen LogP contribution in [0, 0.1) is 5.92 Å². The van der Waals surface area contributed by atoms with Crippen LogP contribution in [0.15, 0.2) is 29.8 Å². The van der Waals surface area contributed by atoms with Crippen molar-refractivity contribution < 1.29 is 4.79 Å². The molecule has 4 heterocycles. The lowest BCUT2D eigenvalue weighted by Gasteiger charge is -2.42. The molecular weight excluding hydrogens is 318 g/mol. The molecule has 1 saturated heterocycles. The molecular formula is C16H16ClN3OS. The van der Waals surface area contributed by atoms with Gasteiger partial charge < -0.3 is 9.80 Å². The fraction of sp³-hybridized carbons (Fsp3) is 0.375. The molecule has 1 fully saturated rings. The molecule has 4 nitrogen and oxygen atoms in total. The number of carbonyl (C=O) groups excluding carboxylic acids is 1. The number of nitrogens with zero attached hydrogens (tertiary/aromatic N) is 3. The van der Waals surface area contributed by atoms with Crippen LogP contribution in [0.1, 0.15) is 10.4 Å². The Morgan fingerprint density at radius 2 is 2.23 bits per heavy atom. The third-order valence-corrected chi connectivity index (χ3v) is 5.71. The van der Waals surface area contributed by atoms with E-state index in [9.17, 15) is 4.79 Å². The van der Waals surface area contributed by atoms with Crippen LogP contribution in [0.3, 0.4) is 0 Å². The highest BCUT2D eigenvalue weighted by Crippen LogP contribution is 2.31. The molecule has 0 spiro atoms. The Morgan fingerprint density at radius 1 is 1.36 bits per heavy atom. The molecule has 0 N–H and O–H groups in total. The minimum atomic E-state index is 0.0678. The maximum atomic E-state index is 12.6. The van der Waals surface area contributed by atoms with E-state index in [4.69, 9.17) is 11.6 Å². The summed E-state index contributed by atoms with van der Waals surface area (Å²) in [6.45, 7) is 3.02. The first kappa shape index (κ1) is 14.0. The predicted octanol–water partition coefficient (Wildman–Crippen LogP) is 2.82. The average molecular weight is 334 g/mol. The Hall–Kier alpha value is -1.59. The van der Waals surface area contributed by atoms with Crippen LogP contribution in [0.2, 0.25) is 5.02 Å². The Kier molecular flexibility index (Phi) is 3.54. The number of hydrogen-bond donors (Lipinski definition) is 0. The van der Waals surface area contributed by atoms with Gasteiger partial charge in [-0.3, -0.25) is 4.79 Å². The molecule has 2 aromatic heterocycles. The Balaban J connectivity index is 1.39. The van der Waals surface area contributed by atoms with Crippen molar-refractivity contribution in [1.82, 2.24) is 9.88 Å². The van der Waals surface area contributed by atoms with Crippen molar-refractivity contribution in [2.24, 2.45) is 5.92 Å². The van der Waals surface area contributed by atoms with Crippen LogP contribution in [0.25, 0.3) is 0 Å². The summed E-state index contributed by atoms with van der Waals surface area (Å²) in [5.74, 6) is 1.12. The first-order valence-corrected chi connectivity index (χ1v) is 8.67. The number of halogens is 1. The van der Waals surface area contributed by atoms with Crippen molar-refractivity contribution in [1.29, 1.82) is 0 Å². The quantitative estimate of drug-likeness (QED) is 0.848. The number of rotatable bonds is 2. The molecule has 2 aliphatic heterocycles. The van der Waals surface area contributed by atoms with Gasteiger partial charge in [-0.1, -0.05) is 11.6 Å². The number of amides is 1. The minimum absolute atomic E-state index is 0.0678. The maximum Gasteiger partial charge on any atom is 0.229 e. The molecule has 0 unspecified atom stereocenters. The molecule has 0 aromatic carbocycles. The fourth-order valence-corrected chi connectivity index (χ4v) is 4.24. The standard InChI is InChI=1S/C16H16ClN3OS/c17-13-2-1-5-18-15(13)20-9-12(10-20)16(21)19-6-3-14-11(8-19)4-7-22-14/h1-2,4-5,7,12H,3,6,8-10H2. The second-order valence-electron chi connectivity index (χ2n) is 5.79. The number of aromatic nitrogens is 1. The molecule has 0 radical (unpaired) electrons. The first-order valence-electron chi connectivity index (χ1n) is 7.42. The van der Waals surface area contributed by atoms with Crippen LogP contribution in [0.4, 0.5) is 5.82 Å². The van der Waals surface area contributed by atoms with Crippen molar-refractivity contribution >= 4 is 34.7 Å². The van der Waals surface area contributed by atoms with Gasteiger partial charge in [0, 0.05) is 37.3 Å². The van der Waals surface area contributed by atoms with E-state index in [-0.39, 0.29) is 11.8 Å². The van der Waals surface area contributed by atoms with Crippen molar-refractivity contribution in [3.8, 4) is 0 Å². The summed E-state index contributed by atoms with van der Waals surface area (Å²) >= 11 is 7.95. The second-order valence-corrected chi connectivity index (χ2v) is 7.20. The number of fused-ring (bicyclic) bond motifs is 1. The van der Waals surface area contributed by atoms with Gasteiger partial charge in [0.1, 0.15) is 5.82 Å². The summed E-state index contributed by atoms with van der Waals surface area (Å²) in [5, 5.41) is 2.77. The first-order chi connectivity index (χ1) is 10.7. The van der Waals surface area contributed by atoms with E-state index >= 15 is 0 Å². The monoisotopic (exact) mass is 333 g/mol. The van der Waals surface area contributed by atoms with Crippen molar-refractivity contribution in [2.75, 3.05) is 24.5 Å². The third-order valence-electron chi connectivity index (χ3n) is 4.39. The van der Waals surface area contributed by atoms with E-state index < -0.39 is 0 Å². The van der Waals surface area contributed by atoms with E-state index in [1.807, 2.05) is 17.0 Å². The van der Waals surface area contributed by atoms with Gasteiger partial charge in [-0.05, 0) is 35.6 Å². The van der Waals surface area contributed by atoms with Gasteiger partial charge in [-0.15, -0.1) is 11.3 Å². The highest BCUT2D eigenvalue weighted by Gasteiger charge is 2.37. The van der Waals surface area contributed by atoms with Gasteiger partial charge in [0.05, 0.1) is 10.9 Å².